The van der Waals surface area contributed by atoms with Crippen molar-refractivity contribution in [2.45, 2.75) is 0 Å². The second-order valence-corrected chi connectivity index (χ2v) is 3.74. The molecule has 0 radical (unpaired) electrons. The van der Waals surface area contributed by atoms with E-state index in [-0.39, 0.29) is 28.0 Å². The van der Waals surface area contributed by atoms with Gasteiger partial charge in [0, 0.05) is 0 Å². The normalized spacial score (nSPS) is 10.1. The van der Waals surface area contributed by atoms with Crippen molar-refractivity contribution in [2.24, 2.45) is 0 Å². The summed E-state index contributed by atoms with van der Waals surface area (Å²) in [5.74, 6) is -1.18. The van der Waals surface area contributed by atoms with Crippen LogP contribution in [0.2, 0.25) is 5.15 Å². The first-order chi connectivity index (χ1) is 8.58. The van der Waals surface area contributed by atoms with E-state index >= 15 is 0 Å². The Balaban J connectivity index is 2.25. The zero-order chi connectivity index (χ0) is 13.1. The van der Waals surface area contributed by atoms with Crippen LogP contribution in [0.1, 0.15) is 10.4 Å². The SMILES string of the molecule is O=C(Nc1cnc(Cl)cn1)c1c(O)cccc1O. The van der Waals surface area contributed by atoms with Crippen LogP contribution in [0.5, 0.6) is 11.5 Å². The van der Waals surface area contributed by atoms with Gasteiger partial charge in [-0.05, 0) is 12.1 Å². The van der Waals surface area contributed by atoms with Gasteiger partial charge in [0.15, 0.2) is 5.82 Å². The number of rotatable bonds is 2. The number of nitrogens with zero attached hydrogens (tertiary/aromatic N) is 2. The zero-order valence-electron chi connectivity index (χ0n) is 8.96. The zero-order valence-corrected chi connectivity index (χ0v) is 9.72. The molecule has 0 unspecified atom stereocenters. The van der Waals surface area contributed by atoms with Crippen LogP contribution in [0, 0.1) is 0 Å². The van der Waals surface area contributed by atoms with E-state index in [4.69, 9.17) is 11.6 Å². The number of carbonyl (C=O) groups excluding carboxylic acids is 1. The minimum atomic E-state index is -0.692. The standard InChI is InChI=1S/C11H8ClN3O3/c12-8-4-14-9(5-13-8)15-11(18)10-6(16)2-1-3-7(10)17/h1-5,16-17H,(H,14,15,18). The van der Waals surface area contributed by atoms with Gasteiger partial charge in [0.25, 0.3) is 5.91 Å². The number of nitrogens with one attached hydrogen (secondary N) is 1. The predicted molar refractivity (Wildman–Crippen MR) is 64.8 cm³/mol. The lowest BCUT2D eigenvalue weighted by Crippen LogP contribution is -2.13. The Labute approximate surface area is 107 Å². The summed E-state index contributed by atoms with van der Waals surface area (Å²) in [6.45, 7) is 0. The van der Waals surface area contributed by atoms with E-state index < -0.39 is 5.91 Å². The highest BCUT2D eigenvalue weighted by Crippen LogP contribution is 2.26. The van der Waals surface area contributed by atoms with E-state index in [2.05, 4.69) is 15.3 Å². The molecule has 0 atom stereocenters. The Bertz CT molecular complexity index is 566. The average Bonchev–Trinajstić information content (AvgIpc) is 2.32. The highest BCUT2D eigenvalue weighted by atomic mass is 35.5. The highest BCUT2D eigenvalue weighted by Gasteiger charge is 2.16. The summed E-state index contributed by atoms with van der Waals surface area (Å²) < 4.78 is 0. The molecule has 0 aliphatic carbocycles. The first-order valence-electron chi connectivity index (χ1n) is 4.88. The molecule has 2 rings (SSSR count). The third-order valence-electron chi connectivity index (χ3n) is 2.11. The number of hydrogen-bond acceptors (Lipinski definition) is 5. The summed E-state index contributed by atoms with van der Waals surface area (Å²) in [5, 5.41) is 21.6. The molecule has 1 aromatic heterocycles. The maximum Gasteiger partial charge on any atom is 0.264 e. The molecular weight excluding hydrogens is 258 g/mol. The molecule has 0 bridgehead atoms. The molecule has 18 heavy (non-hydrogen) atoms. The summed E-state index contributed by atoms with van der Waals surface area (Å²) >= 11 is 5.55. The Morgan fingerprint density at radius 1 is 1.17 bits per heavy atom. The minimum Gasteiger partial charge on any atom is -0.507 e. The van der Waals surface area contributed by atoms with Crippen molar-refractivity contribution in [2.75, 3.05) is 5.32 Å². The number of phenols is 2. The van der Waals surface area contributed by atoms with Crippen LogP contribution in [0.4, 0.5) is 5.82 Å². The fourth-order valence-corrected chi connectivity index (χ4v) is 1.41. The number of anilines is 1. The fourth-order valence-electron chi connectivity index (χ4n) is 1.32. The van der Waals surface area contributed by atoms with Crippen molar-refractivity contribution < 1.29 is 15.0 Å². The number of benzene rings is 1. The van der Waals surface area contributed by atoms with Gasteiger partial charge in [-0.15, -0.1) is 0 Å². The maximum atomic E-state index is 11.8. The van der Waals surface area contributed by atoms with Crippen molar-refractivity contribution >= 4 is 23.3 Å². The molecule has 0 aliphatic rings. The second-order valence-electron chi connectivity index (χ2n) is 3.35. The summed E-state index contributed by atoms with van der Waals surface area (Å²) in [5.41, 5.74) is -0.228. The van der Waals surface area contributed by atoms with Crippen LogP contribution in [0.15, 0.2) is 30.6 Å². The van der Waals surface area contributed by atoms with Crippen LogP contribution in [0.3, 0.4) is 0 Å². The van der Waals surface area contributed by atoms with Gasteiger partial charge in [-0.2, -0.15) is 0 Å². The van der Waals surface area contributed by atoms with Crippen LogP contribution >= 0.6 is 11.6 Å². The van der Waals surface area contributed by atoms with E-state index in [0.29, 0.717) is 0 Å². The molecule has 6 nitrogen and oxygen atoms in total. The monoisotopic (exact) mass is 265 g/mol. The minimum absolute atomic E-state index is 0.159. The molecule has 2 aromatic rings. The number of carbonyl (C=O) groups is 1. The topological polar surface area (TPSA) is 95.3 Å². The number of phenolic OH excluding ortho intramolecular Hbond substituents is 2. The quantitative estimate of drug-likeness (QED) is 0.769. The predicted octanol–water partition coefficient (Wildman–Crippen LogP) is 1.79. The third kappa shape index (κ3) is 2.49. The molecule has 0 aliphatic heterocycles. The van der Waals surface area contributed by atoms with Gasteiger partial charge in [-0.25, -0.2) is 9.97 Å². The average molecular weight is 266 g/mol. The van der Waals surface area contributed by atoms with Gasteiger partial charge < -0.3 is 15.5 Å². The van der Waals surface area contributed by atoms with E-state index in [1.54, 1.807) is 0 Å². The molecule has 0 spiro atoms. The summed E-state index contributed by atoms with van der Waals surface area (Å²) in [7, 11) is 0. The largest absolute Gasteiger partial charge is 0.507 e. The molecule has 0 fully saturated rings. The second kappa shape index (κ2) is 4.89. The van der Waals surface area contributed by atoms with Crippen molar-refractivity contribution in [1.82, 2.24) is 9.97 Å². The summed E-state index contributed by atoms with van der Waals surface area (Å²) in [6, 6.07) is 4.01. The van der Waals surface area contributed by atoms with Crippen molar-refractivity contribution in [3.63, 3.8) is 0 Å². The van der Waals surface area contributed by atoms with Crippen molar-refractivity contribution in [3.05, 3.63) is 41.3 Å². The Morgan fingerprint density at radius 3 is 2.39 bits per heavy atom. The maximum absolute atomic E-state index is 11.8. The van der Waals surface area contributed by atoms with Crippen LogP contribution in [0.25, 0.3) is 0 Å². The Kier molecular flexibility index (Phi) is 3.29. The first kappa shape index (κ1) is 12.1. The molecule has 92 valence electrons. The molecule has 0 saturated carbocycles. The van der Waals surface area contributed by atoms with Gasteiger partial charge in [0.2, 0.25) is 0 Å². The lowest BCUT2D eigenvalue weighted by molar-refractivity contribution is 0.102. The van der Waals surface area contributed by atoms with Gasteiger partial charge >= 0.3 is 0 Å². The smallest absolute Gasteiger partial charge is 0.264 e. The molecule has 7 heteroatoms. The van der Waals surface area contributed by atoms with Gasteiger partial charge in [-0.3, -0.25) is 4.79 Å². The number of amides is 1. The van der Waals surface area contributed by atoms with E-state index in [1.807, 2.05) is 0 Å². The van der Waals surface area contributed by atoms with E-state index in [0.717, 1.165) is 0 Å². The first-order valence-corrected chi connectivity index (χ1v) is 5.25. The molecule has 1 amide bonds. The lowest BCUT2D eigenvalue weighted by Gasteiger charge is -2.07. The number of hydrogen-bond donors (Lipinski definition) is 3. The summed E-state index contributed by atoms with van der Waals surface area (Å²) in [4.78, 5) is 19.4. The Hall–Kier alpha value is -2.34. The van der Waals surface area contributed by atoms with Crippen LogP contribution < -0.4 is 5.32 Å². The van der Waals surface area contributed by atoms with E-state index in [1.165, 1.54) is 30.6 Å². The Morgan fingerprint density at radius 2 is 1.83 bits per heavy atom. The molecule has 0 saturated heterocycles. The number of aromatic nitrogens is 2. The third-order valence-corrected chi connectivity index (χ3v) is 2.30. The summed E-state index contributed by atoms with van der Waals surface area (Å²) in [6.07, 6.45) is 2.53. The molecule has 1 aromatic carbocycles. The van der Waals surface area contributed by atoms with Gasteiger partial charge in [0.1, 0.15) is 22.2 Å². The lowest BCUT2D eigenvalue weighted by atomic mass is 10.1. The highest BCUT2D eigenvalue weighted by molar-refractivity contribution is 6.29. The van der Waals surface area contributed by atoms with E-state index in [9.17, 15) is 15.0 Å². The fraction of sp³-hybridized carbons (Fsp3) is 0. The van der Waals surface area contributed by atoms with Gasteiger partial charge in [-0.1, -0.05) is 17.7 Å². The van der Waals surface area contributed by atoms with Crippen LogP contribution in [-0.4, -0.2) is 26.1 Å². The molecule has 3 N–H and O–H groups in total. The van der Waals surface area contributed by atoms with Gasteiger partial charge in [0.05, 0.1) is 12.4 Å². The van der Waals surface area contributed by atoms with Crippen molar-refractivity contribution in [1.29, 1.82) is 0 Å². The number of aromatic hydroxyl groups is 2. The molecule has 1 heterocycles. The molecular formula is C11H8ClN3O3. The van der Waals surface area contributed by atoms with Crippen LogP contribution in [-0.2, 0) is 0 Å². The number of halogens is 1. The van der Waals surface area contributed by atoms with Crippen molar-refractivity contribution in [3.8, 4) is 11.5 Å².